The molecule has 0 aliphatic rings. The second-order valence-corrected chi connectivity index (χ2v) is 40.7. The molecule has 546 valence electrons. The van der Waals surface area contributed by atoms with Gasteiger partial charge in [0.05, 0.1) is 34.2 Å². The van der Waals surface area contributed by atoms with Crippen LogP contribution in [0.4, 0.5) is 0 Å². The number of hydrogen-bond donors (Lipinski definition) is 0. The van der Waals surface area contributed by atoms with Crippen molar-refractivity contribution in [2.75, 3.05) is 0 Å². The standard InChI is InChI=1S/3C13H21N.3C12H20N2.C11H19N3/c1-12(2,3)10-7-8-14-9-11(10)13(4,5)6;2*1-12(2,3)10-8-7-9-14-11(10)13(4,5)6;1-11(2,3)9-7-13-8-14-10(9)12(4,5)6;1-11(2,3)9-10(12(4,5)6)14-8-7-13-9;1-11(2,3)9-7-8-13-14-10(9)12(4,5)6;1-10(2,3)8-9(11(4,5)6)14-13-7-12-8/h3*7-9H,1-6H3;3*7-8H,1-6H3;7H,1-6H3. The molecule has 0 spiro atoms. The van der Waals surface area contributed by atoms with Crippen molar-refractivity contribution in [1.82, 2.24) is 60.3 Å². The van der Waals surface area contributed by atoms with E-state index in [-0.39, 0.29) is 75.8 Å². The zero-order chi connectivity index (χ0) is 76.9. The first-order chi connectivity index (χ1) is 43.6. The number of pyridine rings is 3. The summed E-state index contributed by atoms with van der Waals surface area (Å²) >= 11 is 0. The Morgan fingerprint density at radius 2 is 0.459 bits per heavy atom. The van der Waals surface area contributed by atoms with E-state index in [1.807, 2.05) is 43.1 Å². The maximum atomic E-state index is 4.52. The molecule has 0 aliphatic carbocycles. The van der Waals surface area contributed by atoms with Crippen LogP contribution in [0, 0.1) is 0 Å². The first-order valence-corrected chi connectivity index (χ1v) is 35.6. The normalized spacial score (nSPS) is 13.0. The molecule has 0 bridgehead atoms. The van der Waals surface area contributed by atoms with E-state index >= 15 is 0 Å². The van der Waals surface area contributed by atoms with Crippen molar-refractivity contribution in [3.63, 3.8) is 0 Å². The molecule has 0 aliphatic heterocycles. The molecule has 12 nitrogen and oxygen atoms in total. The summed E-state index contributed by atoms with van der Waals surface area (Å²) < 4.78 is 0. The Kier molecular flexibility index (Phi) is 30.6. The summed E-state index contributed by atoms with van der Waals surface area (Å²) in [5.41, 5.74) is 18.5. The van der Waals surface area contributed by atoms with E-state index < -0.39 is 0 Å². The van der Waals surface area contributed by atoms with Crippen LogP contribution in [0.15, 0.2) is 98.6 Å². The minimum atomic E-state index is 0.00384. The number of aromatic nitrogens is 12. The third-order valence-corrected chi connectivity index (χ3v) is 15.7. The van der Waals surface area contributed by atoms with Gasteiger partial charge in [-0.1, -0.05) is 303 Å². The monoisotopic (exact) mass is 1340 g/mol. The molecule has 0 saturated carbocycles. The molecule has 0 atom stereocenters. The molecule has 0 aromatic carbocycles. The van der Waals surface area contributed by atoms with Crippen molar-refractivity contribution < 1.29 is 0 Å². The van der Waals surface area contributed by atoms with Crippen molar-refractivity contribution >= 4 is 0 Å². The summed E-state index contributed by atoms with van der Waals surface area (Å²) in [6.07, 6.45) is 18.1. The van der Waals surface area contributed by atoms with E-state index in [1.54, 1.807) is 24.9 Å². The molecule has 0 N–H and O–H groups in total. The fourth-order valence-corrected chi connectivity index (χ4v) is 10.6. The maximum Gasteiger partial charge on any atom is 0.138 e. The molecule has 7 rings (SSSR count). The van der Waals surface area contributed by atoms with Crippen LogP contribution in [0.1, 0.15) is 370 Å². The highest BCUT2D eigenvalue weighted by atomic mass is 15.1. The van der Waals surface area contributed by atoms with Crippen LogP contribution < -0.4 is 0 Å². The Bertz CT molecular complexity index is 2640. The van der Waals surface area contributed by atoms with Gasteiger partial charge in [0.15, 0.2) is 0 Å². The lowest BCUT2D eigenvalue weighted by Crippen LogP contribution is -2.25. The Labute approximate surface area is 601 Å². The van der Waals surface area contributed by atoms with Gasteiger partial charge in [0, 0.05) is 104 Å². The van der Waals surface area contributed by atoms with Gasteiger partial charge < -0.3 is 0 Å². The highest BCUT2D eigenvalue weighted by Crippen LogP contribution is 2.38. The first kappa shape index (κ1) is 89.7. The minimum Gasteiger partial charge on any atom is -0.264 e. The average Bonchev–Trinajstić information content (AvgIpc) is 0.865. The van der Waals surface area contributed by atoms with Gasteiger partial charge in [-0.2, -0.15) is 15.3 Å². The number of rotatable bonds is 0. The van der Waals surface area contributed by atoms with Gasteiger partial charge in [-0.05, 0) is 90.1 Å². The lowest BCUT2D eigenvalue weighted by Gasteiger charge is -2.29. The summed E-state index contributed by atoms with van der Waals surface area (Å²) in [7, 11) is 0. The van der Waals surface area contributed by atoms with E-state index in [0.29, 0.717) is 0 Å². The van der Waals surface area contributed by atoms with Gasteiger partial charge in [-0.15, -0.1) is 5.10 Å². The molecule has 12 heteroatoms. The molecule has 0 radical (unpaired) electrons. The number of nitrogens with zero attached hydrogens (tertiary/aromatic N) is 12. The summed E-state index contributed by atoms with van der Waals surface area (Å²) in [5.74, 6) is 0. The largest absolute Gasteiger partial charge is 0.264 e. The van der Waals surface area contributed by atoms with Crippen molar-refractivity contribution in [1.29, 1.82) is 0 Å². The molecule has 0 amide bonds. The van der Waals surface area contributed by atoms with Crippen LogP contribution in [-0.4, -0.2) is 60.3 Å². The van der Waals surface area contributed by atoms with Crippen LogP contribution >= 0.6 is 0 Å². The SMILES string of the molecule is CC(C)(C)c1cccnc1C(C)(C)C.CC(C)(C)c1cccnc1C(C)(C)C.CC(C)(C)c1ccncc1C(C)(C)C.CC(C)(C)c1ccnnc1C(C)(C)C.CC(C)(C)c1cncnc1C(C)(C)C.CC(C)(C)c1nccnc1C(C)(C)C.CC(C)(C)c1ncnnc1C(C)(C)C. The Morgan fingerprint density at radius 1 is 0.184 bits per heavy atom. The topological polar surface area (TPSA) is 155 Å². The minimum absolute atomic E-state index is 0.00384. The van der Waals surface area contributed by atoms with Crippen molar-refractivity contribution in [2.24, 2.45) is 0 Å². The smallest absolute Gasteiger partial charge is 0.138 e. The van der Waals surface area contributed by atoms with Gasteiger partial charge in [-0.25, -0.2) is 15.0 Å². The second kappa shape index (κ2) is 33.5. The van der Waals surface area contributed by atoms with Crippen LogP contribution in [0.5, 0.6) is 0 Å². The third-order valence-electron chi connectivity index (χ3n) is 15.7. The Balaban J connectivity index is 0.000000572. The zero-order valence-electron chi connectivity index (χ0n) is 70.6. The van der Waals surface area contributed by atoms with Crippen molar-refractivity contribution in [3.05, 3.63) is 178 Å². The fourth-order valence-electron chi connectivity index (χ4n) is 10.6. The van der Waals surface area contributed by atoms with Gasteiger partial charge in [0.25, 0.3) is 0 Å². The van der Waals surface area contributed by atoms with E-state index in [1.165, 1.54) is 51.1 Å². The van der Waals surface area contributed by atoms with E-state index in [0.717, 1.165) is 34.2 Å². The molecule has 0 unspecified atom stereocenters. The molecule has 98 heavy (non-hydrogen) atoms. The molecule has 0 fully saturated rings. The predicted molar refractivity (Wildman–Crippen MR) is 420 cm³/mol. The van der Waals surface area contributed by atoms with Crippen LogP contribution in [0.3, 0.4) is 0 Å². The maximum absolute atomic E-state index is 4.52. The molecule has 7 aromatic heterocycles. The molecule has 7 heterocycles. The molecule has 7 aromatic rings. The molecule has 0 saturated heterocycles. The van der Waals surface area contributed by atoms with Crippen LogP contribution in [0.2, 0.25) is 0 Å². The predicted octanol–water partition coefficient (Wildman–Crippen LogP) is 22.7. The number of hydrogen-bond acceptors (Lipinski definition) is 12. The van der Waals surface area contributed by atoms with Gasteiger partial charge in [0.1, 0.15) is 12.7 Å². The third kappa shape index (κ3) is 29.5. The Morgan fingerprint density at radius 3 is 0.745 bits per heavy atom. The highest BCUT2D eigenvalue weighted by Gasteiger charge is 2.33. The van der Waals surface area contributed by atoms with Crippen molar-refractivity contribution in [3.8, 4) is 0 Å². The van der Waals surface area contributed by atoms with Gasteiger partial charge >= 0.3 is 0 Å². The average molecular weight is 1340 g/mol. The fraction of sp³-hybridized carbons (Fsp3) is 0.651. The van der Waals surface area contributed by atoms with Crippen molar-refractivity contribution in [2.45, 2.75) is 367 Å². The Hall–Kier alpha value is -6.30. The van der Waals surface area contributed by atoms with Gasteiger partial charge in [-0.3, -0.25) is 24.9 Å². The lowest BCUT2D eigenvalue weighted by atomic mass is 9.76. The summed E-state index contributed by atoms with van der Waals surface area (Å²) in [4.78, 5) is 35.0. The molecular weight excluding hydrogens is 1200 g/mol. The lowest BCUT2D eigenvalue weighted by molar-refractivity contribution is 0.487. The van der Waals surface area contributed by atoms with E-state index in [9.17, 15) is 0 Å². The van der Waals surface area contributed by atoms with E-state index in [4.69, 9.17) is 0 Å². The molecular formula is C86H142N12. The highest BCUT2D eigenvalue weighted by molar-refractivity contribution is 5.37. The quantitative estimate of drug-likeness (QED) is 0.142. The van der Waals surface area contributed by atoms with Gasteiger partial charge in [0.2, 0.25) is 0 Å². The van der Waals surface area contributed by atoms with Crippen LogP contribution in [-0.2, 0) is 75.8 Å². The summed E-state index contributed by atoms with van der Waals surface area (Å²) in [6.45, 7) is 92.3. The first-order valence-electron chi connectivity index (χ1n) is 35.6. The summed E-state index contributed by atoms with van der Waals surface area (Å²) in [6, 6.07) is 12.6. The van der Waals surface area contributed by atoms with E-state index in [2.05, 4.69) is 375 Å². The van der Waals surface area contributed by atoms with Crippen LogP contribution in [0.25, 0.3) is 0 Å². The second-order valence-electron chi connectivity index (χ2n) is 40.7. The summed E-state index contributed by atoms with van der Waals surface area (Å²) in [5, 5.41) is 16.3. The zero-order valence-corrected chi connectivity index (χ0v) is 70.6.